The lowest BCUT2D eigenvalue weighted by atomic mass is 10.1. The molecule has 186 valence electrons. The van der Waals surface area contributed by atoms with Gasteiger partial charge in [-0.3, -0.25) is 19.0 Å². The van der Waals surface area contributed by atoms with Gasteiger partial charge in [0.25, 0.3) is 5.91 Å². The molecule has 0 aliphatic rings. The number of aliphatic hydroxyl groups is 1. The lowest BCUT2D eigenvalue weighted by Gasteiger charge is -2.16. The van der Waals surface area contributed by atoms with Gasteiger partial charge in [-0.15, -0.1) is 0 Å². The largest absolute Gasteiger partial charge is 0.433 e. The third-order valence-corrected chi connectivity index (χ3v) is 5.81. The number of aromatic nitrogens is 5. The highest BCUT2D eigenvalue weighted by Gasteiger charge is 2.32. The number of aliphatic hydroxyl groups excluding tert-OH is 1. The number of carbonyl (C=O) groups is 1. The molecule has 0 aliphatic carbocycles. The minimum atomic E-state index is -4.58. The van der Waals surface area contributed by atoms with Crippen LogP contribution >= 0.6 is 0 Å². The Labute approximate surface area is 207 Å². The Balaban J connectivity index is 1.59. The fraction of sp³-hybridized carbons (Fsp3) is 0.160. The van der Waals surface area contributed by atoms with Gasteiger partial charge in [0.2, 0.25) is 0 Å². The normalized spacial score (nSPS) is 12.5. The lowest BCUT2D eigenvalue weighted by molar-refractivity contribution is -0.141. The average Bonchev–Trinajstić information content (AvgIpc) is 3.43. The molecule has 5 rings (SSSR count). The van der Waals surface area contributed by atoms with E-state index >= 15 is 0 Å². The number of nitrogens with one attached hydrogen (secondary N) is 1. The summed E-state index contributed by atoms with van der Waals surface area (Å²) in [5, 5.41) is 27.3. The molecule has 12 heteroatoms. The molecule has 4 heterocycles. The average molecular weight is 505 g/mol. The molecule has 0 saturated heterocycles. The molecule has 5 aromatic rings. The number of alkyl halides is 3. The second-order valence-corrected chi connectivity index (χ2v) is 8.15. The SMILES string of the molecule is N#CCn1cc2c3cc(C(=O)NC(CO)c4ccccn4)ccc3n(-c3ccc(C(F)(F)F)nc3)c2n1. The molecule has 1 amide bonds. The number of rotatable bonds is 6. The third kappa shape index (κ3) is 4.48. The smallest absolute Gasteiger partial charge is 0.394 e. The Morgan fingerprint density at radius 1 is 1.14 bits per heavy atom. The number of halogens is 3. The maximum atomic E-state index is 13.0. The van der Waals surface area contributed by atoms with Gasteiger partial charge in [0.15, 0.2) is 5.65 Å². The number of nitrogens with zero attached hydrogens (tertiary/aromatic N) is 6. The first kappa shape index (κ1) is 24.0. The fourth-order valence-corrected chi connectivity index (χ4v) is 4.11. The number of hydrogen-bond donors (Lipinski definition) is 2. The Morgan fingerprint density at radius 3 is 2.62 bits per heavy atom. The van der Waals surface area contributed by atoms with E-state index in [0.717, 1.165) is 12.3 Å². The molecule has 4 aromatic heterocycles. The molecule has 0 saturated carbocycles. The number of pyridine rings is 2. The molecule has 1 aromatic carbocycles. The van der Waals surface area contributed by atoms with Crippen LogP contribution in [0.2, 0.25) is 0 Å². The van der Waals surface area contributed by atoms with Gasteiger partial charge in [-0.05, 0) is 42.5 Å². The van der Waals surface area contributed by atoms with E-state index < -0.39 is 23.8 Å². The van der Waals surface area contributed by atoms with Gasteiger partial charge in [0.1, 0.15) is 12.2 Å². The molecular weight excluding hydrogens is 487 g/mol. The Morgan fingerprint density at radius 2 is 1.97 bits per heavy atom. The van der Waals surface area contributed by atoms with Crippen molar-refractivity contribution in [1.82, 2.24) is 29.6 Å². The van der Waals surface area contributed by atoms with Crippen molar-refractivity contribution in [1.29, 1.82) is 5.26 Å². The van der Waals surface area contributed by atoms with E-state index in [1.165, 1.54) is 10.7 Å². The lowest BCUT2D eigenvalue weighted by Crippen LogP contribution is -2.31. The van der Waals surface area contributed by atoms with Crippen molar-refractivity contribution in [3.8, 4) is 11.8 Å². The zero-order valence-electron chi connectivity index (χ0n) is 19.0. The van der Waals surface area contributed by atoms with E-state index in [9.17, 15) is 23.1 Å². The molecular formula is C25H18F3N7O2. The minimum Gasteiger partial charge on any atom is -0.394 e. The number of carbonyl (C=O) groups excluding carboxylic acids is 1. The standard InChI is InChI=1S/C25H18F3N7O2/c26-25(27,28)22-7-5-16(12-31-22)35-21-6-4-15(11-17(21)18-13-34(10-8-29)33-23(18)35)24(37)32-20(14-36)19-3-1-2-9-30-19/h1-7,9,11-13,20,36H,10,14H2,(H,32,37). The van der Waals surface area contributed by atoms with Gasteiger partial charge in [-0.25, -0.2) is 4.98 Å². The molecule has 0 aliphatic heterocycles. The van der Waals surface area contributed by atoms with Crippen LogP contribution in [-0.2, 0) is 12.7 Å². The zero-order valence-corrected chi connectivity index (χ0v) is 19.0. The van der Waals surface area contributed by atoms with Crippen molar-refractivity contribution in [2.24, 2.45) is 0 Å². The summed E-state index contributed by atoms with van der Waals surface area (Å²) in [4.78, 5) is 20.8. The number of nitriles is 1. The molecule has 2 N–H and O–H groups in total. The van der Waals surface area contributed by atoms with Gasteiger partial charge in [0, 0.05) is 28.7 Å². The van der Waals surface area contributed by atoms with Gasteiger partial charge >= 0.3 is 6.18 Å². The van der Waals surface area contributed by atoms with E-state index in [1.807, 2.05) is 6.07 Å². The summed E-state index contributed by atoms with van der Waals surface area (Å²) in [5.74, 6) is -0.451. The second-order valence-electron chi connectivity index (χ2n) is 8.15. The van der Waals surface area contributed by atoms with Crippen LogP contribution in [0.4, 0.5) is 13.2 Å². The summed E-state index contributed by atoms with van der Waals surface area (Å²) in [6.07, 6.45) is -0.277. The fourth-order valence-electron chi connectivity index (χ4n) is 4.11. The maximum Gasteiger partial charge on any atom is 0.433 e. The summed E-state index contributed by atoms with van der Waals surface area (Å²) in [6, 6.07) is 13.5. The van der Waals surface area contributed by atoms with Crippen LogP contribution in [-0.4, -0.2) is 41.9 Å². The molecule has 9 nitrogen and oxygen atoms in total. The molecule has 1 unspecified atom stereocenters. The Hall–Kier alpha value is -4.76. The van der Waals surface area contributed by atoms with E-state index in [4.69, 9.17) is 5.26 Å². The summed E-state index contributed by atoms with van der Waals surface area (Å²) < 4.78 is 42.1. The van der Waals surface area contributed by atoms with E-state index in [-0.39, 0.29) is 13.2 Å². The molecule has 0 radical (unpaired) electrons. The topological polar surface area (TPSA) is 122 Å². The van der Waals surface area contributed by atoms with Crippen molar-refractivity contribution in [2.75, 3.05) is 6.61 Å². The van der Waals surface area contributed by atoms with Crippen LogP contribution in [0.25, 0.3) is 27.6 Å². The number of amides is 1. The molecule has 0 bridgehead atoms. The van der Waals surface area contributed by atoms with Gasteiger partial charge < -0.3 is 10.4 Å². The predicted octanol–water partition coefficient (Wildman–Crippen LogP) is 3.78. The first-order valence-corrected chi connectivity index (χ1v) is 11.0. The molecule has 0 spiro atoms. The highest BCUT2D eigenvalue weighted by Crippen LogP contribution is 2.33. The van der Waals surface area contributed by atoms with Gasteiger partial charge in [0.05, 0.1) is 41.8 Å². The van der Waals surface area contributed by atoms with Crippen molar-refractivity contribution in [3.63, 3.8) is 0 Å². The summed E-state index contributed by atoms with van der Waals surface area (Å²) >= 11 is 0. The highest BCUT2D eigenvalue weighted by atomic mass is 19.4. The Bertz CT molecular complexity index is 1640. The predicted molar refractivity (Wildman–Crippen MR) is 127 cm³/mol. The number of fused-ring (bicyclic) bond motifs is 3. The Kier molecular flexibility index (Phi) is 6.06. The number of benzene rings is 1. The van der Waals surface area contributed by atoms with Crippen LogP contribution in [0.1, 0.15) is 27.8 Å². The minimum absolute atomic E-state index is 0.0378. The molecule has 1 atom stereocenters. The summed E-state index contributed by atoms with van der Waals surface area (Å²) in [5.41, 5.74) is 1.08. The van der Waals surface area contributed by atoms with E-state index in [1.54, 1.807) is 53.4 Å². The van der Waals surface area contributed by atoms with Crippen molar-refractivity contribution >= 4 is 27.8 Å². The first-order chi connectivity index (χ1) is 17.8. The third-order valence-electron chi connectivity index (χ3n) is 5.81. The van der Waals surface area contributed by atoms with Crippen LogP contribution in [0.15, 0.2) is 67.1 Å². The quantitative estimate of drug-likeness (QED) is 0.362. The van der Waals surface area contributed by atoms with Crippen molar-refractivity contribution < 1.29 is 23.1 Å². The van der Waals surface area contributed by atoms with Crippen LogP contribution in [0.5, 0.6) is 0 Å². The zero-order chi connectivity index (χ0) is 26.2. The van der Waals surface area contributed by atoms with Crippen molar-refractivity contribution in [2.45, 2.75) is 18.8 Å². The van der Waals surface area contributed by atoms with Crippen LogP contribution in [0, 0.1) is 11.3 Å². The van der Waals surface area contributed by atoms with Crippen LogP contribution in [0.3, 0.4) is 0 Å². The van der Waals surface area contributed by atoms with Crippen LogP contribution < -0.4 is 5.32 Å². The highest BCUT2D eigenvalue weighted by molar-refractivity contribution is 6.10. The van der Waals surface area contributed by atoms with Gasteiger partial charge in [-0.1, -0.05) is 6.07 Å². The van der Waals surface area contributed by atoms with E-state index in [0.29, 0.717) is 38.9 Å². The molecule has 0 fully saturated rings. The number of hydrogen-bond acceptors (Lipinski definition) is 6. The monoisotopic (exact) mass is 505 g/mol. The van der Waals surface area contributed by atoms with Gasteiger partial charge in [-0.2, -0.15) is 23.5 Å². The summed E-state index contributed by atoms with van der Waals surface area (Å²) in [6.45, 7) is -0.392. The van der Waals surface area contributed by atoms with Crippen molar-refractivity contribution in [3.05, 3.63) is 84.1 Å². The first-order valence-electron chi connectivity index (χ1n) is 11.0. The van der Waals surface area contributed by atoms with E-state index in [2.05, 4.69) is 20.4 Å². The maximum absolute atomic E-state index is 13.0. The summed E-state index contributed by atoms with van der Waals surface area (Å²) in [7, 11) is 0. The second kappa shape index (κ2) is 9.36. The molecule has 37 heavy (non-hydrogen) atoms.